The number of carbonyl (C=O) groups is 2. The molecule has 0 heterocycles. The maximum atomic E-state index is 11.2. The van der Waals surface area contributed by atoms with E-state index in [2.05, 4.69) is 31.9 Å². The van der Waals surface area contributed by atoms with Gasteiger partial charge in [-0.2, -0.15) is 0 Å². The van der Waals surface area contributed by atoms with Gasteiger partial charge in [0.2, 0.25) is 0 Å². The van der Waals surface area contributed by atoms with Crippen LogP contribution < -0.4 is 4.74 Å². The lowest BCUT2D eigenvalue weighted by molar-refractivity contribution is -0.127. The normalized spacial score (nSPS) is 9.94. The summed E-state index contributed by atoms with van der Waals surface area (Å²) in [5.74, 6) is 0.214. The summed E-state index contributed by atoms with van der Waals surface area (Å²) < 4.78 is 6.96. The molecule has 5 heteroatoms. The van der Waals surface area contributed by atoms with Gasteiger partial charge in [-0.15, -0.1) is 0 Å². The quantitative estimate of drug-likeness (QED) is 0.767. The average molecular weight is 350 g/mol. The molecular formula is C11H10Br2O3. The molecule has 0 unspecified atom stereocenters. The fourth-order valence-electron chi connectivity index (χ4n) is 1.08. The lowest BCUT2D eigenvalue weighted by Crippen LogP contribution is -2.14. The summed E-state index contributed by atoms with van der Waals surface area (Å²) in [6.45, 7) is 1.30. The number of rotatable bonds is 5. The van der Waals surface area contributed by atoms with E-state index in [1.807, 2.05) is 12.1 Å². The molecule has 1 aromatic rings. The minimum atomic E-state index is -0.220. The van der Waals surface area contributed by atoms with Crippen molar-refractivity contribution in [3.63, 3.8) is 0 Å². The fraction of sp³-hybridized carbons (Fsp3) is 0.273. The van der Waals surface area contributed by atoms with Crippen molar-refractivity contribution in [2.75, 3.05) is 6.61 Å². The zero-order chi connectivity index (χ0) is 12.1. The Balaban J connectivity index is 2.54. The van der Waals surface area contributed by atoms with Crippen LogP contribution in [-0.2, 0) is 9.59 Å². The predicted octanol–water partition coefficient (Wildman–Crippen LogP) is 3.14. The van der Waals surface area contributed by atoms with Crippen molar-refractivity contribution in [1.29, 1.82) is 0 Å². The zero-order valence-electron chi connectivity index (χ0n) is 8.63. The topological polar surface area (TPSA) is 43.4 Å². The summed E-state index contributed by atoms with van der Waals surface area (Å²) in [7, 11) is 0. The number of ether oxygens (including phenoxy) is 1. The molecule has 0 fully saturated rings. The van der Waals surface area contributed by atoms with Crippen LogP contribution in [0.4, 0.5) is 0 Å². The molecule has 1 rings (SSSR count). The van der Waals surface area contributed by atoms with E-state index in [0.717, 1.165) is 8.95 Å². The van der Waals surface area contributed by atoms with Crippen molar-refractivity contribution in [2.24, 2.45) is 0 Å². The standard InChI is InChI=1S/C11H10Br2O3/c1-7(14)4-9(15)6-16-11-3-2-8(12)5-10(11)13/h2-3,5H,4,6H2,1H3. The number of ketones is 2. The van der Waals surface area contributed by atoms with Gasteiger partial charge in [0.1, 0.15) is 18.1 Å². The van der Waals surface area contributed by atoms with Crippen molar-refractivity contribution in [1.82, 2.24) is 0 Å². The minimum Gasteiger partial charge on any atom is -0.485 e. The first-order chi connectivity index (χ1) is 7.49. The Bertz CT molecular complexity index is 416. The molecular weight excluding hydrogens is 340 g/mol. The molecule has 0 aliphatic heterocycles. The van der Waals surface area contributed by atoms with Gasteiger partial charge in [-0.05, 0) is 41.1 Å². The zero-order valence-corrected chi connectivity index (χ0v) is 11.8. The highest BCUT2D eigenvalue weighted by atomic mass is 79.9. The van der Waals surface area contributed by atoms with Crippen LogP contribution >= 0.6 is 31.9 Å². The van der Waals surface area contributed by atoms with Crippen LogP contribution in [0.15, 0.2) is 27.1 Å². The van der Waals surface area contributed by atoms with Crippen LogP contribution in [0.1, 0.15) is 13.3 Å². The van der Waals surface area contributed by atoms with E-state index in [-0.39, 0.29) is 24.6 Å². The molecule has 0 aliphatic carbocycles. The molecule has 0 atom stereocenters. The molecule has 1 aromatic carbocycles. The summed E-state index contributed by atoms with van der Waals surface area (Å²) in [4.78, 5) is 21.9. The Morgan fingerprint density at radius 3 is 2.56 bits per heavy atom. The van der Waals surface area contributed by atoms with Crippen LogP contribution in [0.5, 0.6) is 5.75 Å². The molecule has 0 aliphatic rings. The van der Waals surface area contributed by atoms with E-state index in [1.54, 1.807) is 6.07 Å². The number of hydrogen-bond acceptors (Lipinski definition) is 3. The van der Waals surface area contributed by atoms with Crippen LogP contribution in [0.2, 0.25) is 0 Å². The van der Waals surface area contributed by atoms with Crippen molar-refractivity contribution in [2.45, 2.75) is 13.3 Å². The molecule has 0 saturated heterocycles. The first kappa shape index (κ1) is 13.4. The third kappa shape index (κ3) is 4.45. The maximum Gasteiger partial charge on any atom is 0.177 e. The van der Waals surface area contributed by atoms with E-state index in [9.17, 15) is 9.59 Å². The number of benzene rings is 1. The lowest BCUT2D eigenvalue weighted by atomic mass is 10.2. The van der Waals surface area contributed by atoms with Crippen molar-refractivity contribution in [3.8, 4) is 5.75 Å². The summed E-state index contributed by atoms with van der Waals surface area (Å²) in [5, 5.41) is 0. The molecule has 16 heavy (non-hydrogen) atoms. The number of Topliss-reactive ketones (excluding diaryl/α,β-unsaturated/α-hetero) is 2. The third-order valence-corrected chi connectivity index (χ3v) is 2.84. The monoisotopic (exact) mass is 348 g/mol. The fourth-order valence-corrected chi connectivity index (χ4v) is 2.24. The Morgan fingerprint density at radius 1 is 1.31 bits per heavy atom. The molecule has 0 bridgehead atoms. The molecule has 0 N–H and O–H groups in total. The Kier molecular flexibility index (Phi) is 5.15. The van der Waals surface area contributed by atoms with E-state index >= 15 is 0 Å². The third-order valence-electron chi connectivity index (χ3n) is 1.73. The van der Waals surface area contributed by atoms with Gasteiger partial charge in [0.15, 0.2) is 5.78 Å². The van der Waals surface area contributed by atoms with Crippen molar-refractivity contribution >= 4 is 43.4 Å². The van der Waals surface area contributed by atoms with Gasteiger partial charge in [-0.1, -0.05) is 15.9 Å². The summed E-state index contributed by atoms with van der Waals surface area (Å²) in [6.07, 6.45) is -0.0753. The number of halogens is 2. The van der Waals surface area contributed by atoms with Gasteiger partial charge in [0.05, 0.1) is 10.9 Å². The average Bonchev–Trinajstić information content (AvgIpc) is 2.15. The van der Waals surface area contributed by atoms with E-state index in [4.69, 9.17) is 4.74 Å². The van der Waals surface area contributed by atoms with Gasteiger partial charge in [0, 0.05) is 4.47 Å². The Hall–Kier alpha value is -0.680. The van der Waals surface area contributed by atoms with Gasteiger partial charge in [0.25, 0.3) is 0 Å². The van der Waals surface area contributed by atoms with E-state index < -0.39 is 0 Å². The molecule has 0 saturated carbocycles. The molecule has 0 spiro atoms. The minimum absolute atomic E-state index is 0.0753. The maximum absolute atomic E-state index is 11.2. The SMILES string of the molecule is CC(=O)CC(=O)COc1ccc(Br)cc1Br. The van der Waals surface area contributed by atoms with Gasteiger partial charge < -0.3 is 4.74 Å². The van der Waals surface area contributed by atoms with Gasteiger partial charge >= 0.3 is 0 Å². The second kappa shape index (κ2) is 6.15. The van der Waals surface area contributed by atoms with Crippen molar-refractivity contribution < 1.29 is 14.3 Å². The summed E-state index contributed by atoms with van der Waals surface area (Å²) >= 11 is 6.63. The smallest absolute Gasteiger partial charge is 0.177 e. The second-order valence-electron chi connectivity index (χ2n) is 3.28. The lowest BCUT2D eigenvalue weighted by Gasteiger charge is -2.07. The molecule has 3 nitrogen and oxygen atoms in total. The van der Waals surface area contributed by atoms with Crippen LogP contribution in [-0.4, -0.2) is 18.2 Å². The first-order valence-corrected chi connectivity index (χ1v) is 6.16. The number of carbonyl (C=O) groups excluding carboxylic acids is 2. The summed E-state index contributed by atoms with van der Waals surface area (Å²) in [6, 6.07) is 5.38. The van der Waals surface area contributed by atoms with Crippen LogP contribution in [0.3, 0.4) is 0 Å². The van der Waals surface area contributed by atoms with Gasteiger partial charge in [-0.25, -0.2) is 0 Å². The van der Waals surface area contributed by atoms with Crippen LogP contribution in [0, 0.1) is 0 Å². The largest absolute Gasteiger partial charge is 0.485 e. The number of hydrogen-bond donors (Lipinski definition) is 0. The van der Waals surface area contributed by atoms with E-state index in [0.29, 0.717) is 5.75 Å². The van der Waals surface area contributed by atoms with Gasteiger partial charge in [-0.3, -0.25) is 9.59 Å². The summed E-state index contributed by atoms with van der Waals surface area (Å²) in [5.41, 5.74) is 0. The van der Waals surface area contributed by atoms with Crippen molar-refractivity contribution in [3.05, 3.63) is 27.1 Å². The highest BCUT2D eigenvalue weighted by molar-refractivity contribution is 9.11. The molecule has 0 amide bonds. The highest BCUT2D eigenvalue weighted by Gasteiger charge is 2.08. The predicted molar refractivity (Wildman–Crippen MR) is 67.6 cm³/mol. The highest BCUT2D eigenvalue weighted by Crippen LogP contribution is 2.28. The second-order valence-corrected chi connectivity index (χ2v) is 5.05. The molecule has 86 valence electrons. The Morgan fingerprint density at radius 2 is 2.00 bits per heavy atom. The molecule has 0 radical (unpaired) electrons. The molecule has 0 aromatic heterocycles. The Labute approximate surface area is 110 Å². The van der Waals surface area contributed by atoms with E-state index in [1.165, 1.54) is 6.92 Å². The first-order valence-electron chi connectivity index (χ1n) is 4.58. The van der Waals surface area contributed by atoms with Crippen LogP contribution in [0.25, 0.3) is 0 Å².